The highest BCUT2D eigenvalue weighted by atomic mass is 16.4. The van der Waals surface area contributed by atoms with E-state index in [1.165, 1.54) is 50.5 Å². The number of hydrogen-bond donors (Lipinski definition) is 2. The van der Waals surface area contributed by atoms with Crippen LogP contribution in [0, 0.1) is 0 Å². The molecule has 0 saturated heterocycles. The summed E-state index contributed by atoms with van der Waals surface area (Å²) in [5.74, 6) is -1.23. The van der Waals surface area contributed by atoms with Gasteiger partial charge in [0.05, 0.1) is 5.92 Å². The van der Waals surface area contributed by atoms with Crippen LogP contribution in [0.15, 0.2) is 67.0 Å². The van der Waals surface area contributed by atoms with E-state index < -0.39 is 11.9 Å². The zero-order chi connectivity index (χ0) is 22.0. The van der Waals surface area contributed by atoms with Crippen molar-refractivity contribution in [2.24, 2.45) is 0 Å². The van der Waals surface area contributed by atoms with Gasteiger partial charge in [0, 0.05) is 18.9 Å². The maximum absolute atomic E-state index is 11.5. The zero-order valence-corrected chi connectivity index (χ0v) is 18.7. The predicted octanol–water partition coefficient (Wildman–Crippen LogP) is 6.15. The molecule has 0 unspecified atom stereocenters. The number of nitrogens with zero attached hydrogens (tertiary/aromatic N) is 1. The van der Waals surface area contributed by atoms with E-state index in [1.807, 2.05) is 48.8 Å². The van der Waals surface area contributed by atoms with Crippen molar-refractivity contribution < 1.29 is 9.90 Å². The number of carbonyl (C=O) groups is 1. The SMILES string of the molecule is O=C(O)[C@H](CNCCCCCCCCC/C=C/CCc1cccnc1)c1ccccc1. The number of nitrogens with one attached hydrogen (secondary N) is 1. The molecule has 0 aliphatic heterocycles. The molecule has 1 atom stereocenters. The van der Waals surface area contributed by atoms with Gasteiger partial charge in [-0.1, -0.05) is 80.7 Å². The van der Waals surface area contributed by atoms with E-state index in [4.69, 9.17) is 0 Å². The van der Waals surface area contributed by atoms with Gasteiger partial charge in [-0.25, -0.2) is 0 Å². The highest BCUT2D eigenvalue weighted by Crippen LogP contribution is 2.15. The summed E-state index contributed by atoms with van der Waals surface area (Å²) in [6.07, 6.45) is 20.5. The molecular weight excluding hydrogens is 384 g/mol. The van der Waals surface area contributed by atoms with Crippen molar-refractivity contribution >= 4 is 5.97 Å². The molecule has 4 nitrogen and oxygen atoms in total. The number of aryl methyl sites for hydroxylation is 1. The van der Waals surface area contributed by atoms with Crippen LogP contribution in [0.25, 0.3) is 0 Å². The standard InChI is InChI=1S/C27H38N2O2/c30-27(31)26(25-18-12-10-13-19-25)23-29-20-14-9-7-5-3-1-2-4-6-8-11-16-24-17-15-21-28-22-24/h6,8,10,12-13,15,17-19,21-22,26,29H,1-5,7,9,11,14,16,20,23H2,(H,30,31)/b8-6+/t26-/m1/s1. The van der Waals surface area contributed by atoms with Crippen molar-refractivity contribution in [1.29, 1.82) is 0 Å². The van der Waals surface area contributed by atoms with Gasteiger partial charge in [-0.2, -0.15) is 0 Å². The van der Waals surface area contributed by atoms with Crippen LogP contribution in [0.1, 0.15) is 74.8 Å². The number of aliphatic carboxylic acids is 1. The van der Waals surface area contributed by atoms with Crippen LogP contribution < -0.4 is 5.32 Å². The Labute approximate surface area is 187 Å². The summed E-state index contributed by atoms with van der Waals surface area (Å²) in [5, 5.41) is 12.8. The molecule has 0 amide bonds. The molecule has 168 valence electrons. The van der Waals surface area contributed by atoms with Gasteiger partial charge in [-0.15, -0.1) is 0 Å². The first-order chi connectivity index (χ1) is 15.3. The van der Waals surface area contributed by atoms with Gasteiger partial charge in [0.15, 0.2) is 0 Å². The van der Waals surface area contributed by atoms with Gasteiger partial charge >= 0.3 is 5.97 Å². The third-order valence-electron chi connectivity index (χ3n) is 5.56. The van der Waals surface area contributed by atoms with Crippen LogP contribution in [0.4, 0.5) is 0 Å². The Morgan fingerprint density at radius 1 is 0.903 bits per heavy atom. The minimum absolute atomic E-state index is 0.467. The number of pyridine rings is 1. The Morgan fingerprint density at radius 3 is 2.32 bits per heavy atom. The zero-order valence-electron chi connectivity index (χ0n) is 18.7. The predicted molar refractivity (Wildman–Crippen MR) is 128 cm³/mol. The summed E-state index contributed by atoms with van der Waals surface area (Å²) in [7, 11) is 0. The van der Waals surface area contributed by atoms with Gasteiger partial charge in [0.25, 0.3) is 0 Å². The van der Waals surface area contributed by atoms with Crippen LogP contribution in [0.3, 0.4) is 0 Å². The normalized spacial score (nSPS) is 12.3. The average Bonchev–Trinajstić information content (AvgIpc) is 2.80. The lowest BCUT2D eigenvalue weighted by Gasteiger charge is -2.13. The fraction of sp³-hybridized carbons (Fsp3) is 0.481. The summed E-state index contributed by atoms with van der Waals surface area (Å²) in [6.45, 7) is 1.38. The van der Waals surface area contributed by atoms with E-state index in [-0.39, 0.29) is 0 Å². The Hall–Kier alpha value is -2.46. The molecule has 0 radical (unpaired) electrons. The van der Waals surface area contributed by atoms with E-state index in [2.05, 4.69) is 28.5 Å². The van der Waals surface area contributed by atoms with Crippen LogP contribution in [0.2, 0.25) is 0 Å². The third kappa shape index (κ3) is 11.5. The second-order valence-electron chi connectivity index (χ2n) is 8.14. The van der Waals surface area contributed by atoms with E-state index in [0.717, 1.165) is 31.4 Å². The molecule has 0 spiro atoms. The molecule has 2 aromatic rings. The van der Waals surface area contributed by atoms with Gasteiger partial charge in [-0.3, -0.25) is 9.78 Å². The Morgan fingerprint density at radius 2 is 1.61 bits per heavy atom. The first-order valence-electron chi connectivity index (χ1n) is 11.8. The fourth-order valence-electron chi connectivity index (χ4n) is 3.71. The molecule has 1 aromatic heterocycles. The van der Waals surface area contributed by atoms with Crippen molar-refractivity contribution in [2.45, 2.75) is 70.1 Å². The number of aromatic nitrogens is 1. The summed E-state index contributed by atoms with van der Waals surface area (Å²) >= 11 is 0. The van der Waals surface area contributed by atoms with E-state index in [1.54, 1.807) is 0 Å². The molecule has 31 heavy (non-hydrogen) atoms. The summed E-state index contributed by atoms with van der Waals surface area (Å²) < 4.78 is 0. The number of allylic oxidation sites excluding steroid dienone is 2. The quantitative estimate of drug-likeness (QED) is 0.237. The molecule has 2 N–H and O–H groups in total. The smallest absolute Gasteiger partial charge is 0.312 e. The number of hydrogen-bond acceptors (Lipinski definition) is 3. The molecule has 4 heteroatoms. The van der Waals surface area contributed by atoms with E-state index in [0.29, 0.717) is 6.54 Å². The maximum Gasteiger partial charge on any atom is 0.312 e. The lowest BCUT2D eigenvalue weighted by Crippen LogP contribution is -2.27. The van der Waals surface area contributed by atoms with Gasteiger partial charge in [-0.05, 0) is 55.8 Å². The van der Waals surface area contributed by atoms with Gasteiger partial charge in [0.1, 0.15) is 0 Å². The van der Waals surface area contributed by atoms with Crippen molar-refractivity contribution in [1.82, 2.24) is 10.3 Å². The van der Waals surface area contributed by atoms with Crippen molar-refractivity contribution in [2.75, 3.05) is 13.1 Å². The molecule has 0 aliphatic carbocycles. The summed E-state index contributed by atoms with van der Waals surface area (Å²) in [5.41, 5.74) is 2.17. The number of benzene rings is 1. The fourth-order valence-corrected chi connectivity index (χ4v) is 3.71. The van der Waals surface area contributed by atoms with E-state index >= 15 is 0 Å². The third-order valence-corrected chi connectivity index (χ3v) is 5.56. The van der Waals surface area contributed by atoms with Gasteiger partial charge in [0.2, 0.25) is 0 Å². The second kappa shape index (κ2) is 16.3. The van der Waals surface area contributed by atoms with Crippen LogP contribution in [-0.2, 0) is 11.2 Å². The number of rotatable bonds is 17. The molecular formula is C27H38N2O2. The Balaban J connectivity index is 1.38. The van der Waals surface area contributed by atoms with Crippen LogP contribution >= 0.6 is 0 Å². The van der Waals surface area contributed by atoms with Crippen molar-refractivity contribution in [3.63, 3.8) is 0 Å². The van der Waals surface area contributed by atoms with Crippen LogP contribution in [0.5, 0.6) is 0 Å². The lowest BCUT2D eigenvalue weighted by molar-refractivity contribution is -0.138. The molecule has 2 rings (SSSR count). The average molecular weight is 423 g/mol. The molecule has 0 bridgehead atoms. The van der Waals surface area contributed by atoms with Crippen molar-refractivity contribution in [3.05, 3.63) is 78.1 Å². The summed E-state index contributed by atoms with van der Waals surface area (Å²) in [4.78, 5) is 15.6. The minimum Gasteiger partial charge on any atom is -0.481 e. The second-order valence-corrected chi connectivity index (χ2v) is 8.14. The topological polar surface area (TPSA) is 62.2 Å². The number of carboxylic acids is 1. The molecule has 1 aromatic carbocycles. The largest absolute Gasteiger partial charge is 0.481 e. The number of carboxylic acid groups (broad SMARTS) is 1. The van der Waals surface area contributed by atoms with Crippen molar-refractivity contribution in [3.8, 4) is 0 Å². The minimum atomic E-state index is -0.762. The Kier molecular flexibility index (Phi) is 13.0. The maximum atomic E-state index is 11.5. The monoisotopic (exact) mass is 422 g/mol. The van der Waals surface area contributed by atoms with Gasteiger partial charge < -0.3 is 10.4 Å². The van der Waals surface area contributed by atoms with Crippen LogP contribution in [-0.4, -0.2) is 29.1 Å². The first kappa shape index (κ1) is 24.8. The molecule has 1 heterocycles. The molecule has 0 saturated carbocycles. The summed E-state index contributed by atoms with van der Waals surface area (Å²) in [6, 6.07) is 13.6. The molecule has 0 aliphatic rings. The lowest BCUT2D eigenvalue weighted by atomic mass is 9.99. The Bertz CT molecular complexity index is 731. The highest BCUT2D eigenvalue weighted by molar-refractivity contribution is 5.76. The highest BCUT2D eigenvalue weighted by Gasteiger charge is 2.18. The molecule has 0 fully saturated rings. The van der Waals surface area contributed by atoms with E-state index in [9.17, 15) is 9.90 Å². The number of unbranched alkanes of at least 4 members (excludes halogenated alkanes) is 7. The first-order valence-corrected chi connectivity index (χ1v) is 11.8.